The second-order valence-corrected chi connectivity index (χ2v) is 7.45. The minimum atomic E-state index is -3.71. The number of sulfonamides is 1. The molecule has 0 aliphatic carbocycles. The molecule has 0 saturated carbocycles. The van der Waals surface area contributed by atoms with Gasteiger partial charge >= 0.3 is 5.76 Å². The van der Waals surface area contributed by atoms with Crippen molar-refractivity contribution in [3.63, 3.8) is 0 Å². The van der Waals surface area contributed by atoms with E-state index in [9.17, 15) is 13.2 Å². The Bertz CT molecular complexity index is 826. The molecule has 0 spiro atoms. The lowest BCUT2D eigenvalue weighted by molar-refractivity contribution is 0.465. The van der Waals surface area contributed by atoms with Crippen molar-refractivity contribution in [1.82, 2.24) is 9.29 Å². The zero-order chi connectivity index (χ0) is 16.5. The molecule has 1 heterocycles. The van der Waals surface area contributed by atoms with Crippen LogP contribution in [0.4, 0.5) is 0 Å². The Morgan fingerprint density at radius 1 is 1.35 bits per heavy atom. The van der Waals surface area contributed by atoms with Gasteiger partial charge in [0.1, 0.15) is 0 Å². The maximum Gasteiger partial charge on any atom is 0.419 e. The van der Waals surface area contributed by atoms with E-state index in [2.05, 4.69) is 4.72 Å². The molecule has 1 aromatic heterocycles. The van der Waals surface area contributed by atoms with Crippen LogP contribution in [-0.4, -0.2) is 25.6 Å². The predicted octanol–water partition coefficient (Wildman–Crippen LogP) is 1.21. The van der Waals surface area contributed by atoms with Crippen LogP contribution in [0.25, 0.3) is 11.1 Å². The molecule has 0 saturated heterocycles. The molecule has 0 aliphatic rings. The van der Waals surface area contributed by atoms with Gasteiger partial charge in [-0.1, -0.05) is 13.8 Å². The van der Waals surface area contributed by atoms with Gasteiger partial charge in [-0.15, -0.1) is 12.4 Å². The van der Waals surface area contributed by atoms with Gasteiger partial charge in [-0.25, -0.2) is 17.9 Å². The normalized spacial score (nSPS) is 13.3. The Balaban J connectivity index is 0.00000264. The zero-order valence-electron chi connectivity index (χ0n) is 13.3. The monoisotopic (exact) mass is 363 g/mol. The van der Waals surface area contributed by atoms with Gasteiger partial charge in [0.25, 0.3) is 0 Å². The Labute approximate surface area is 141 Å². The van der Waals surface area contributed by atoms with Crippen molar-refractivity contribution >= 4 is 33.5 Å². The van der Waals surface area contributed by atoms with Gasteiger partial charge in [0, 0.05) is 25.7 Å². The molecule has 0 radical (unpaired) electrons. The van der Waals surface area contributed by atoms with Crippen molar-refractivity contribution in [2.45, 2.75) is 31.2 Å². The minimum Gasteiger partial charge on any atom is -0.408 e. The lowest BCUT2D eigenvalue weighted by Crippen LogP contribution is -2.40. The van der Waals surface area contributed by atoms with E-state index in [1.54, 1.807) is 13.1 Å². The first-order valence-corrected chi connectivity index (χ1v) is 8.55. The van der Waals surface area contributed by atoms with Crippen LogP contribution < -0.4 is 16.2 Å². The first-order valence-electron chi connectivity index (χ1n) is 7.06. The summed E-state index contributed by atoms with van der Waals surface area (Å²) < 4.78 is 33.8. The summed E-state index contributed by atoms with van der Waals surface area (Å²) in [5, 5.41) is 0. The summed E-state index contributed by atoms with van der Waals surface area (Å²) in [6.07, 6.45) is 0.651. The van der Waals surface area contributed by atoms with Crippen LogP contribution in [0.5, 0.6) is 0 Å². The lowest BCUT2D eigenvalue weighted by atomic mass is 10.1. The summed E-state index contributed by atoms with van der Waals surface area (Å²) in [5.74, 6) is -0.206. The quantitative estimate of drug-likeness (QED) is 0.801. The largest absolute Gasteiger partial charge is 0.419 e. The average molecular weight is 364 g/mol. The molecule has 130 valence electrons. The van der Waals surface area contributed by atoms with Crippen molar-refractivity contribution in [2.24, 2.45) is 18.7 Å². The van der Waals surface area contributed by atoms with Gasteiger partial charge in [0.15, 0.2) is 5.58 Å². The highest BCUT2D eigenvalue weighted by Gasteiger charge is 2.21. The number of nitrogens with two attached hydrogens (primary N) is 1. The van der Waals surface area contributed by atoms with E-state index < -0.39 is 15.8 Å². The van der Waals surface area contributed by atoms with Crippen molar-refractivity contribution in [2.75, 3.05) is 6.54 Å². The molecule has 0 amide bonds. The average Bonchev–Trinajstić information content (AvgIpc) is 2.72. The van der Waals surface area contributed by atoms with E-state index in [-0.39, 0.29) is 35.5 Å². The van der Waals surface area contributed by atoms with E-state index in [4.69, 9.17) is 10.2 Å². The third-order valence-electron chi connectivity index (χ3n) is 3.44. The molecular formula is C14H22ClN3O4S. The summed E-state index contributed by atoms with van der Waals surface area (Å²) in [5.41, 5.74) is 6.41. The number of aromatic nitrogens is 1. The number of nitrogens with one attached hydrogen (secondary N) is 1. The van der Waals surface area contributed by atoms with Gasteiger partial charge in [-0.05, 0) is 24.5 Å². The molecule has 23 heavy (non-hydrogen) atoms. The molecule has 3 N–H and O–H groups in total. The summed E-state index contributed by atoms with van der Waals surface area (Å²) in [6, 6.07) is 4.02. The molecule has 2 aromatic rings. The molecule has 9 heteroatoms. The molecule has 2 rings (SSSR count). The predicted molar refractivity (Wildman–Crippen MR) is 91.3 cm³/mol. The number of oxazole rings is 1. The standard InChI is InChI=1S/C14H21N3O4S.ClH/c1-9(2)6-10(8-15)16-22(19,20)11-4-5-12-13(7-11)21-14(18)17(12)3;/h4-5,7,9-10,16H,6,8,15H2,1-3H3;1H. The number of rotatable bonds is 6. The Morgan fingerprint density at radius 3 is 2.57 bits per heavy atom. The van der Waals surface area contributed by atoms with Crippen LogP contribution in [0.3, 0.4) is 0 Å². The van der Waals surface area contributed by atoms with Gasteiger partial charge in [-0.3, -0.25) is 4.57 Å². The summed E-state index contributed by atoms with van der Waals surface area (Å²) >= 11 is 0. The molecule has 1 atom stereocenters. The lowest BCUT2D eigenvalue weighted by Gasteiger charge is -2.18. The van der Waals surface area contributed by atoms with Gasteiger partial charge in [-0.2, -0.15) is 0 Å². The van der Waals surface area contributed by atoms with Crippen LogP contribution in [-0.2, 0) is 17.1 Å². The number of hydrogen-bond acceptors (Lipinski definition) is 5. The Kier molecular flexibility index (Phi) is 6.41. The third-order valence-corrected chi connectivity index (χ3v) is 4.95. The van der Waals surface area contributed by atoms with E-state index in [0.29, 0.717) is 17.9 Å². The van der Waals surface area contributed by atoms with E-state index in [1.807, 2.05) is 13.8 Å². The van der Waals surface area contributed by atoms with Crippen LogP contribution in [0.2, 0.25) is 0 Å². The maximum absolute atomic E-state index is 12.4. The minimum absolute atomic E-state index is 0. The molecule has 1 aromatic carbocycles. The van der Waals surface area contributed by atoms with E-state index in [1.165, 1.54) is 16.7 Å². The highest BCUT2D eigenvalue weighted by atomic mass is 35.5. The fraction of sp³-hybridized carbons (Fsp3) is 0.500. The van der Waals surface area contributed by atoms with Crippen molar-refractivity contribution in [3.8, 4) is 0 Å². The molecular weight excluding hydrogens is 342 g/mol. The molecule has 7 nitrogen and oxygen atoms in total. The summed E-state index contributed by atoms with van der Waals surface area (Å²) in [7, 11) is -2.15. The molecule has 0 fully saturated rings. The number of nitrogens with zero attached hydrogens (tertiary/aromatic N) is 1. The first kappa shape index (κ1) is 19.7. The third kappa shape index (κ3) is 4.35. The number of aryl methyl sites for hydroxylation is 1. The number of fused-ring (bicyclic) bond motifs is 1. The van der Waals surface area contributed by atoms with Crippen LogP contribution in [0.1, 0.15) is 20.3 Å². The highest BCUT2D eigenvalue weighted by molar-refractivity contribution is 7.89. The van der Waals surface area contributed by atoms with Crippen molar-refractivity contribution < 1.29 is 12.8 Å². The molecule has 1 unspecified atom stereocenters. The van der Waals surface area contributed by atoms with Crippen LogP contribution in [0.15, 0.2) is 32.3 Å². The fourth-order valence-corrected chi connectivity index (χ4v) is 3.61. The van der Waals surface area contributed by atoms with E-state index >= 15 is 0 Å². The second kappa shape index (κ2) is 7.48. The zero-order valence-corrected chi connectivity index (χ0v) is 14.9. The first-order chi connectivity index (χ1) is 10.2. The fourth-order valence-electron chi connectivity index (χ4n) is 2.33. The van der Waals surface area contributed by atoms with Crippen molar-refractivity contribution in [1.29, 1.82) is 0 Å². The van der Waals surface area contributed by atoms with Gasteiger partial charge < -0.3 is 10.2 Å². The highest BCUT2D eigenvalue weighted by Crippen LogP contribution is 2.18. The smallest absolute Gasteiger partial charge is 0.408 e. The molecule has 0 bridgehead atoms. The Hall–Kier alpha value is -1.35. The topological polar surface area (TPSA) is 107 Å². The van der Waals surface area contributed by atoms with E-state index in [0.717, 1.165) is 0 Å². The van der Waals surface area contributed by atoms with Crippen LogP contribution >= 0.6 is 12.4 Å². The molecule has 0 aliphatic heterocycles. The number of benzene rings is 1. The summed E-state index contributed by atoms with van der Waals surface area (Å²) in [4.78, 5) is 11.5. The Morgan fingerprint density at radius 2 is 2.00 bits per heavy atom. The van der Waals surface area contributed by atoms with Crippen molar-refractivity contribution in [3.05, 3.63) is 28.7 Å². The number of halogens is 1. The van der Waals surface area contributed by atoms with Gasteiger partial charge in [0.05, 0.1) is 10.4 Å². The second-order valence-electron chi connectivity index (χ2n) is 5.74. The maximum atomic E-state index is 12.4. The summed E-state index contributed by atoms with van der Waals surface area (Å²) in [6.45, 7) is 4.23. The SMILES string of the molecule is CC(C)CC(CN)NS(=O)(=O)c1ccc2c(c1)oc(=O)n2C.Cl. The van der Waals surface area contributed by atoms with Gasteiger partial charge in [0.2, 0.25) is 10.0 Å². The number of hydrogen-bond donors (Lipinski definition) is 2. The van der Waals surface area contributed by atoms with Crippen LogP contribution in [0, 0.1) is 5.92 Å².